The number of aryl methyl sites for hydroxylation is 1. The van der Waals surface area contributed by atoms with E-state index in [0.29, 0.717) is 35.3 Å². The van der Waals surface area contributed by atoms with Crippen LogP contribution >= 0.6 is 0 Å². The molecule has 0 spiro atoms. The molecule has 1 saturated carbocycles. The van der Waals surface area contributed by atoms with Crippen molar-refractivity contribution in [1.82, 2.24) is 19.7 Å². The van der Waals surface area contributed by atoms with Gasteiger partial charge in [0.05, 0.1) is 4.90 Å². The van der Waals surface area contributed by atoms with Crippen LogP contribution in [0.25, 0.3) is 0 Å². The highest BCUT2D eigenvalue weighted by atomic mass is 32.2. The summed E-state index contributed by atoms with van der Waals surface area (Å²) >= 11 is 0. The van der Waals surface area contributed by atoms with E-state index >= 15 is 0 Å². The summed E-state index contributed by atoms with van der Waals surface area (Å²) in [5.74, 6) is 1.78. The molecule has 9 nitrogen and oxygen atoms in total. The molecule has 2 heterocycles. The third-order valence-electron chi connectivity index (χ3n) is 7.04. The fourth-order valence-corrected chi connectivity index (χ4v) is 6.06. The molecule has 0 unspecified atom stereocenters. The average Bonchev–Trinajstić information content (AvgIpc) is 3.56. The molecule has 36 heavy (non-hydrogen) atoms. The maximum Gasteiger partial charge on any atom is 0.240 e. The van der Waals surface area contributed by atoms with Crippen molar-refractivity contribution >= 4 is 27.9 Å². The standard InChI is InChI=1S/C26H41N7O2S/c1-3-5-17-27-24-30-25(29-21-10-6-7-11-21)32-26(31-24)33-18-8-12-22(33)19-28-36(34,35)23-15-13-20(9-4-2)14-16-23/h13-16,21-22,28H,3-12,17-19H2,1-2H3,(H2,27,29,30,31,32)/t22-/m1/s1. The lowest BCUT2D eigenvalue weighted by Crippen LogP contribution is -2.41. The first kappa shape index (κ1) is 26.6. The quantitative estimate of drug-likeness (QED) is 0.338. The van der Waals surface area contributed by atoms with E-state index in [4.69, 9.17) is 9.97 Å². The zero-order valence-corrected chi connectivity index (χ0v) is 22.5. The largest absolute Gasteiger partial charge is 0.354 e. The Morgan fingerprint density at radius 2 is 1.69 bits per heavy atom. The van der Waals surface area contributed by atoms with Crippen molar-refractivity contribution in [3.63, 3.8) is 0 Å². The Morgan fingerprint density at radius 3 is 2.42 bits per heavy atom. The first-order valence-electron chi connectivity index (χ1n) is 13.6. The lowest BCUT2D eigenvalue weighted by molar-refractivity contribution is 0.565. The van der Waals surface area contributed by atoms with Gasteiger partial charge in [-0.15, -0.1) is 0 Å². The zero-order chi connectivity index (χ0) is 25.4. The Kier molecular flexibility index (Phi) is 9.36. The van der Waals surface area contributed by atoms with Crippen molar-refractivity contribution in [2.75, 3.05) is 35.2 Å². The van der Waals surface area contributed by atoms with E-state index in [1.165, 1.54) is 12.8 Å². The van der Waals surface area contributed by atoms with E-state index in [9.17, 15) is 8.42 Å². The fraction of sp³-hybridized carbons (Fsp3) is 0.654. The van der Waals surface area contributed by atoms with Crippen molar-refractivity contribution < 1.29 is 8.42 Å². The van der Waals surface area contributed by atoms with Crippen LogP contribution in [0.15, 0.2) is 29.2 Å². The van der Waals surface area contributed by atoms with Crippen LogP contribution < -0.4 is 20.3 Å². The highest BCUT2D eigenvalue weighted by Crippen LogP contribution is 2.26. The van der Waals surface area contributed by atoms with Crippen LogP contribution in [0, 0.1) is 0 Å². The number of nitrogens with one attached hydrogen (secondary N) is 3. The number of hydrogen-bond acceptors (Lipinski definition) is 8. The molecule has 0 radical (unpaired) electrons. The highest BCUT2D eigenvalue weighted by Gasteiger charge is 2.29. The summed E-state index contributed by atoms with van der Waals surface area (Å²) in [5.41, 5.74) is 1.15. The van der Waals surface area contributed by atoms with Crippen molar-refractivity contribution in [2.45, 2.75) is 95.0 Å². The second kappa shape index (κ2) is 12.7. The Morgan fingerprint density at radius 1 is 0.944 bits per heavy atom. The monoisotopic (exact) mass is 515 g/mol. The van der Waals surface area contributed by atoms with Gasteiger partial charge in [-0.2, -0.15) is 15.0 Å². The molecule has 1 aliphatic heterocycles. The molecule has 10 heteroatoms. The molecule has 2 aliphatic rings. The van der Waals surface area contributed by atoms with Crippen LogP contribution in [0.1, 0.15) is 77.2 Å². The predicted molar refractivity (Wildman–Crippen MR) is 145 cm³/mol. The summed E-state index contributed by atoms with van der Waals surface area (Å²) in [6.45, 7) is 6.18. The minimum Gasteiger partial charge on any atom is -0.354 e. The van der Waals surface area contributed by atoms with Crippen molar-refractivity contribution in [3.05, 3.63) is 29.8 Å². The van der Waals surface area contributed by atoms with Crippen LogP contribution in [0.4, 0.5) is 17.8 Å². The van der Waals surface area contributed by atoms with Gasteiger partial charge in [0.2, 0.25) is 27.9 Å². The smallest absolute Gasteiger partial charge is 0.240 e. The molecule has 2 fully saturated rings. The predicted octanol–water partition coefficient (Wildman–Crippen LogP) is 4.34. The first-order valence-corrected chi connectivity index (χ1v) is 15.1. The Balaban J connectivity index is 1.46. The summed E-state index contributed by atoms with van der Waals surface area (Å²) in [6, 6.07) is 7.58. The molecule has 1 atom stereocenters. The lowest BCUT2D eigenvalue weighted by Gasteiger charge is -2.26. The Labute approximate surface area is 216 Å². The molecule has 0 bridgehead atoms. The van der Waals surface area contributed by atoms with Gasteiger partial charge >= 0.3 is 0 Å². The lowest BCUT2D eigenvalue weighted by atomic mass is 10.1. The third kappa shape index (κ3) is 7.06. The number of nitrogens with zero attached hydrogens (tertiary/aromatic N) is 4. The summed E-state index contributed by atoms with van der Waals surface area (Å²) < 4.78 is 28.7. The number of unbranched alkanes of at least 4 members (excludes halogenated alkanes) is 1. The molecule has 1 aliphatic carbocycles. The maximum atomic E-state index is 13.0. The van der Waals surface area contributed by atoms with Crippen LogP contribution in [0.3, 0.4) is 0 Å². The maximum absolute atomic E-state index is 13.0. The van der Waals surface area contributed by atoms with E-state index in [1.54, 1.807) is 12.1 Å². The summed E-state index contributed by atoms with van der Waals surface area (Å²) in [5, 5.41) is 6.84. The van der Waals surface area contributed by atoms with E-state index in [-0.39, 0.29) is 6.04 Å². The number of aromatic nitrogens is 3. The number of benzene rings is 1. The third-order valence-corrected chi connectivity index (χ3v) is 8.48. The van der Waals surface area contributed by atoms with Crippen LogP contribution in [0.2, 0.25) is 0 Å². The zero-order valence-electron chi connectivity index (χ0n) is 21.7. The second-order valence-corrected chi connectivity index (χ2v) is 11.7. The first-order chi connectivity index (χ1) is 17.5. The molecule has 1 aromatic carbocycles. The molecule has 2 aromatic rings. The van der Waals surface area contributed by atoms with Gasteiger partial charge in [0, 0.05) is 31.7 Å². The normalized spacial score (nSPS) is 18.6. The van der Waals surface area contributed by atoms with E-state index < -0.39 is 10.0 Å². The van der Waals surface area contributed by atoms with Crippen molar-refractivity contribution in [2.24, 2.45) is 0 Å². The van der Waals surface area contributed by atoms with Gasteiger partial charge in [-0.05, 0) is 56.2 Å². The fourth-order valence-electron chi connectivity index (χ4n) is 4.99. The molecule has 198 valence electrons. The number of sulfonamides is 1. The van der Waals surface area contributed by atoms with Crippen LogP contribution in [-0.2, 0) is 16.4 Å². The van der Waals surface area contributed by atoms with Gasteiger partial charge in [0.1, 0.15) is 0 Å². The van der Waals surface area contributed by atoms with E-state index in [2.05, 4.69) is 39.1 Å². The Hall–Kier alpha value is -2.46. The average molecular weight is 516 g/mol. The highest BCUT2D eigenvalue weighted by molar-refractivity contribution is 7.89. The molecular weight excluding hydrogens is 474 g/mol. The molecule has 4 rings (SSSR count). The van der Waals surface area contributed by atoms with Crippen LogP contribution in [-0.4, -0.2) is 55.1 Å². The topological polar surface area (TPSA) is 112 Å². The molecule has 3 N–H and O–H groups in total. The number of anilines is 3. The second-order valence-electron chi connectivity index (χ2n) is 9.92. The number of rotatable bonds is 13. The SMILES string of the molecule is CCCCNc1nc(NC2CCCC2)nc(N2CCC[C@@H]2CNS(=O)(=O)c2ccc(CCC)cc2)n1. The van der Waals surface area contributed by atoms with Gasteiger partial charge in [0.15, 0.2) is 0 Å². The molecule has 1 aromatic heterocycles. The summed E-state index contributed by atoms with van der Waals surface area (Å²) in [4.78, 5) is 16.5. The van der Waals surface area contributed by atoms with Crippen molar-refractivity contribution in [3.8, 4) is 0 Å². The number of hydrogen-bond donors (Lipinski definition) is 3. The van der Waals surface area contributed by atoms with E-state index in [1.807, 2.05) is 12.1 Å². The van der Waals surface area contributed by atoms with Gasteiger partial charge in [-0.1, -0.05) is 51.7 Å². The molecular formula is C26H41N7O2S. The van der Waals surface area contributed by atoms with E-state index in [0.717, 1.165) is 70.0 Å². The van der Waals surface area contributed by atoms with Gasteiger partial charge in [0.25, 0.3) is 0 Å². The minimum atomic E-state index is -3.59. The Bertz CT molecular complexity index is 1070. The molecule has 1 saturated heterocycles. The van der Waals surface area contributed by atoms with Gasteiger partial charge in [-0.25, -0.2) is 13.1 Å². The summed E-state index contributed by atoms with van der Waals surface area (Å²) in [6.07, 6.45) is 10.7. The van der Waals surface area contributed by atoms with Gasteiger partial charge < -0.3 is 15.5 Å². The minimum absolute atomic E-state index is 0.00985. The van der Waals surface area contributed by atoms with Crippen LogP contribution in [0.5, 0.6) is 0 Å². The van der Waals surface area contributed by atoms with Gasteiger partial charge in [-0.3, -0.25) is 0 Å². The summed E-state index contributed by atoms with van der Waals surface area (Å²) in [7, 11) is -3.59. The molecule has 0 amide bonds. The van der Waals surface area contributed by atoms with Crippen molar-refractivity contribution in [1.29, 1.82) is 0 Å².